The Kier molecular flexibility index (Phi) is 3.66. The number of aromatic nitrogens is 3. The first kappa shape index (κ1) is 14.7. The van der Waals surface area contributed by atoms with Crippen molar-refractivity contribution >= 4 is 10.0 Å². The van der Waals surface area contributed by atoms with Gasteiger partial charge in [0.05, 0.1) is 0 Å². The van der Waals surface area contributed by atoms with Gasteiger partial charge in [-0.25, -0.2) is 13.6 Å². The van der Waals surface area contributed by atoms with Gasteiger partial charge in [0.25, 0.3) is 15.2 Å². The summed E-state index contributed by atoms with van der Waals surface area (Å²) in [6, 6.07) is 5.81. The molecule has 108 valence electrons. The highest BCUT2D eigenvalue weighted by molar-refractivity contribution is 7.89. The predicted octanol–water partition coefficient (Wildman–Crippen LogP) is 1.79. The first-order valence-electron chi connectivity index (χ1n) is 6.27. The first-order valence-corrected chi connectivity index (χ1v) is 7.81. The maximum Gasteiger partial charge on any atom is 0.273 e. The summed E-state index contributed by atoms with van der Waals surface area (Å²) in [5.41, 5.74) is 2.94. The number of nitrogens with zero attached hydrogens (tertiary/aromatic N) is 3. The number of sulfonamides is 1. The Hall–Kier alpha value is -1.73. The summed E-state index contributed by atoms with van der Waals surface area (Å²) in [5.74, 6) is 0.519. The minimum absolute atomic E-state index is 0.117. The van der Waals surface area contributed by atoms with Crippen molar-refractivity contribution in [3.8, 4) is 11.4 Å². The maximum absolute atomic E-state index is 11.6. The molecule has 0 amide bonds. The quantitative estimate of drug-likeness (QED) is 0.934. The van der Waals surface area contributed by atoms with Gasteiger partial charge in [-0.05, 0) is 39.3 Å². The lowest BCUT2D eigenvalue weighted by Gasteiger charge is -2.14. The van der Waals surface area contributed by atoms with Crippen LogP contribution in [0.4, 0.5) is 0 Å². The zero-order chi connectivity index (χ0) is 15.1. The molecule has 7 heteroatoms. The summed E-state index contributed by atoms with van der Waals surface area (Å²) in [5, 5.41) is 12.8. The van der Waals surface area contributed by atoms with Crippen molar-refractivity contribution in [3.05, 3.63) is 29.3 Å². The molecule has 0 aliphatic heterocycles. The predicted molar refractivity (Wildman–Crippen MR) is 76.7 cm³/mol. The van der Waals surface area contributed by atoms with E-state index in [0.717, 1.165) is 16.7 Å². The van der Waals surface area contributed by atoms with Crippen LogP contribution in [0.2, 0.25) is 0 Å². The van der Waals surface area contributed by atoms with E-state index in [0.29, 0.717) is 5.82 Å². The van der Waals surface area contributed by atoms with Crippen LogP contribution >= 0.6 is 0 Å². The summed E-state index contributed by atoms with van der Waals surface area (Å²) >= 11 is 0. The van der Waals surface area contributed by atoms with Crippen LogP contribution in [0.1, 0.15) is 31.0 Å². The fraction of sp³-hybridized carbons (Fsp3) is 0.385. The van der Waals surface area contributed by atoms with Crippen LogP contribution in [0.15, 0.2) is 23.4 Å². The van der Waals surface area contributed by atoms with Crippen molar-refractivity contribution in [2.75, 3.05) is 0 Å². The van der Waals surface area contributed by atoms with Crippen molar-refractivity contribution in [3.63, 3.8) is 0 Å². The molecule has 0 radical (unpaired) electrons. The first-order chi connectivity index (χ1) is 9.21. The molecule has 2 aromatic rings. The smallest absolute Gasteiger partial charge is 0.273 e. The van der Waals surface area contributed by atoms with Crippen LogP contribution in [0.3, 0.4) is 0 Å². The minimum Gasteiger partial charge on any atom is -0.294 e. The third kappa shape index (κ3) is 2.59. The van der Waals surface area contributed by atoms with Crippen LogP contribution in [0, 0.1) is 13.8 Å². The van der Waals surface area contributed by atoms with Gasteiger partial charge in [-0.1, -0.05) is 17.7 Å². The molecule has 0 bridgehead atoms. The topological polar surface area (TPSA) is 90.9 Å². The van der Waals surface area contributed by atoms with E-state index < -0.39 is 10.0 Å². The fourth-order valence-corrected chi connectivity index (χ4v) is 2.82. The highest BCUT2D eigenvalue weighted by Gasteiger charge is 2.24. The Bertz CT molecular complexity index is 748. The molecule has 0 aliphatic carbocycles. The second-order valence-corrected chi connectivity index (χ2v) is 6.59. The molecule has 0 fully saturated rings. The van der Waals surface area contributed by atoms with E-state index in [-0.39, 0.29) is 11.2 Å². The van der Waals surface area contributed by atoms with Crippen LogP contribution < -0.4 is 5.14 Å². The Morgan fingerprint density at radius 1 is 1.20 bits per heavy atom. The highest BCUT2D eigenvalue weighted by Crippen LogP contribution is 2.27. The van der Waals surface area contributed by atoms with Crippen LogP contribution in [-0.4, -0.2) is 23.2 Å². The molecule has 20 heavy (non-hydrogen) atoms. The number of rotatable bonds is 3. The number of benzene rings is 1. The van der Waals surface area contributed by atoms with E-state index in [2.05, 4.69) is 10.2 Å². The lowest BCUT2D eigenvalue weighted by atomic mass is 10.0. The second-order valence-electron chi connectivity index (χ2n) is 5.13. The van der Waals surface area contributed by atoms with Crippen LogP contribution in [-0.2, 0) is 10.0 Å². The molecular weight excluding hydrogens is 276 g/mol. The average Bonchev–Trinajstić information content (AvgIpc) is 2.76. The van der Waals surface area contributed by atoms with Gasteiger partial charge in [0.15, 0.2) is 5.82 Å². The molecule has 0 atom stereocenters. The van der Waals surface area contributed by atoms with Crippen molar-refractivity contribution in [2.24, 2.45) is 5.14 Å². The molecule has 1 aromatic heterocycles. The second kappa shape index (κ2) is 4.99. The lowest BCUT2D eigenvalue weighted by Crippen LogP contribution is -2.20. The van der Waals surface area contributed by atoms with Gasteiger partial charge in [-0.2, -0.15) is 0 Å². The van der Waals surface area contributed by atoms with Crippen molar-refractivity contribution in [2.45, 2.75) is 38.9 Å². The molecular formula is C13H18N4O2S. The van der Waals surface area contributed by atoms with Gasteiger partial charge in [0, 0.05) is 11.6 Å². The summed E-state index contributed by atoms with van der Waals surface area (Å²) in [4.78, 5) is 0. The molecule has 0 aliphatic rings. The third-order valence-corrected chi connectivity index (χ3v) is 3.86. The van der Waals surface area contributed by atoms with Crippen molar-refractivity contribution in [1.29, 1.82) is 0 Å². The monoisotopic (exact) mass is 294 g/mol. The normalized spacial score (nSPS) is 12.1. The Morgan fingerprint density at radius 3 is 2.40 bits per heavy atom. The van der Waals surface area contributed by atoms with Gasteiger partial charge < -0.3 is 0 Å². The van der Waals surface area contributed by atoms with E-state index in [1.165, 1.54) is 0 Å². The number of hydrogen-bond acceptors (Lipinski definition) is 4. The lowest BCUT2D eigenvalue weighted by molar-refractivity contribution is 0.524. The van der Waals surface area contributed by atoms with Crippen molar-refractivity contribution in [1.82, 2.24) is 14.8 Å². The number of aryl methyl sites for hydroxylation is 2. The number of nitrogens with two attached hydrogens (primary N) is 1. The van der Waals surface area contributed by atoms with Crippen LogP contribution in [0.5, 0.6) is 0 Å². The Morgan fingerprint density at radius 2 is 1.85 bits per heavy atom. The summed E-state index contributed by atoms with van der Waals surface area (Å²) < 4.78 is 24.8. The standard InChI is InChI=1S/C13H18N4O2S/c1-8(2)17-12(15-16-13(17)20(14,18)19)11-7-9(3)5-6-10(11)4/h5-8H,1-4H3,(H2,14,18,19). The molecule has 1 heterocycles. The minimum atomic E-state index is -3.90. The number of primary sulfonamides is 1. The third-order valence-electron chi connectivity index (χ3n) is 3.07. The SMILES string of the molecule is Cc1ccc(C)c(-c2nnc(S(N)(=O)=O)n2C(C)C)c1. The fourth-order valence-electron chi connectivity index (χ4n) is 2.10. The van der Waals surface area contributed by atoms with E-state index in [1.807, 2.05) is 45.9 Å². The van der Waals surface area contributed by atoms with Gasteiger partial charge in [0.1, 0.15) is 0 Å². The molecule has 0 unspecified atom stereocenters. The van der Waals surface area contributed by atoms with E-state index in [9.17, 15) is 8.42 Å². The van der Waals surface area contributed by atoms with Gasteiger partial charge >= 0.3 is 0 Å². The molecule has 1 aromatic carbocycles. The van der Waals surface area contributed by atoms with Crippen molar-refractivity contribution < 1.29 is 8.42 Å². The van der Waals surface area contributed by atoms with E-state index in [1.54, 1.807) is 4.57 Å². The Labute approximate surface area is 118 Å². The Balaban J connectivity index is 2.76. The molecule has 2 N–H and O–H groups in total. The molecule has 0 saturated heterocycles. The molecule has 0 saturated carbocycles. The maximum atomic E-state index is 11.6. The summed E-state index contributed by atoms with van der Waals surface area (Å²) in [6.45, 7) is 7.66. The largest absolute Gasteiger partial charge is 0.294 e. The zero-order valence-corrected chi connectivity index (χ0v) is 12.8. The van der Waals surface area contributed by atoms with E-state index >= 15 is 0 Å². The van der Waals surface area contributed by atoms with Gasteiger partial charge in [-0.15, -0.1) is 10.2 Å². The van der Waals surface area contributed by atoms with Crippen LogP contribution in [0.25, 0.3) is 11.4 Å². The zero-order valence-electron chi connectivity index (χ0n) is 12.0. The van der Waals surface area contributed by atoms with E-state index in [4.69, 9.17) is 5.14 Å². The summed E-state index contributed by atoms with van der Waals surface area (Å²) in [7, 11) is -3.90. The average molecular weight is 294 g/mol. The number of hydrogen-bond donors (Lipinski definition) is 1. The molecule has 6 nitrogen and oxygen atoms in total. The molecule has 0 spiro atoms. The van der Waals surface area contributed by atoms with Gasteiger partial charge in [-0.3, -0.25) is 4.57 Å². The summed E-state index contributed by atoms with van der Waals surface area (Å²) in [6.07, 6.45) is 0. The molecule has 2 rings (SSSR count). The highest BCUT2D eigenvalue weighted by atomic mass is 32.2. The van der Waals surface area contributed by atoms with Gasteiger partial charge in [0.2, 0.25) is 0 Å².